The fourth-order valence-electron chi connectivity index (χ4n) is 5.49. The highest BCUT2D eigenvalue weighted by molar-refractivity contribution is 6.30. The van der Waals surface area contributed by atoms with Gasteiger partial charge >= 0.3 is 0 Å². The van der Waals surface area contributed by atoms with Crippen LogP contribution in [0, 0.1) is 17.2 Å². The van der Waals surface area contributed by atoms with Crippen LogP contribution in [0.4, 0.5) is 10.2 Å². The van der Waals surface area contributed by atoms with Gasteiger partial charge in [0.2, 0.25) is 0 Å². The minimum Gasteiger partial charge on any atom is -0.365 e. The average Bonchev–Trinajstić information content (AvgIpc) is 3.43. The highest BCUT2D eigenvalue weighted by atomic mass is 35.5. The molecule has 1 aromatic carbocycles. The number of nitrogens with one attached hydrogen (secondary N) is 1. The summed E-state index contributed by atoms with van der Waals surface area (Å²) in [5.41, 5.74) is 1.06. The fraction of sp³-hybridized carbons (Fsp3) is 0.304. The first-order valence-corrected chi connectivity index (χ1v) is 10.7. The van der Waals surface area contributed by atoms with Crippen LogP contribution < -0.4 is 5.32 Å². The van der Waals surface area contributed by atoms with Crippen LogP contribution in [0.1, 0.15) is 23.2 Å². The molecule has 3 aromatic rings. The standard InChI is InChI=1S/C23H19ClFN5O/c24-14-2-5-19(28-11-14)29-18-10-23-9-13(23)12-30(20(18)23)22(31)16-4-3-15(25)8-17(16)21-26-6-1-7-27-21/h1-8,11,13,18,20H,9-10,12H2,(H,28,29). The van der Waals surface area contributed by atoms with Crippen molar-refractivity contribution in [2.75, 3.05) is 11.9 Å². The second-order valence-corrected chi connectivity index (χ2v) is 9.05. The summed E-state index contributed by atoms with van der Waals surface area (Å²) < 4.78 is 14.0. The van der Waals surface area contributed by atoms with Gasteiger partial charge in [-0.2, -0.15) is 0 Å². The number of amides is 1. The summed E-state index contributed by atoms with van der Waals surface area (Å²) >= 11 is 5.94. The first-order chi connectivity index (χ1) is 15.0. The van der Waals surface area contributed by atoms with Crippen LogP contribution in [0.25, 0.3) is 11.4 Å². The third-order valence-corrected chi connectivity index (χ3v) is 7.17. The van der Waals surface area contributed by atoms with Crippen molar-refractivity contribution in [1.82, 2.24) is 19.9 Å². The highest BCUT2D eigenvalue weighted by Crippen LogP contribution is 2.71. The summed E-state index contributed by atoms with van der Waals surface area (Å²) in [6, 6.07) is 9.76. The summed E-state index contributed by atoms with van der Waals surface area (Å²) in [4.78, 5) is 28.4. The molecule has 1 aliphatic heterocycles. The van der Waals surface area contributed by atoms with Crippen LogP contribution in [0.2, 0.25) is 5.02 Å². The SMILES string of the molecule is O=C(c1ccc(F)cc1-c1ncccn1)N1CC2CC23CC(Nc2ccc(Cl)cn2)C13. The molecule has 8 heteroatoms. The first kappa shape index (κ1) is 18.7. The predicted molar refractivity (Wildman–Crippen MR) is 114 cm³/mol. The molecule has 31 heavy (non-hydrogen) atoms. The van der Waals surface area contributed by atoms with E-state index in [1.54, 1.807) is 36.8 Å². The van der Waals surface area contributed by atoms with Crippen LogP contribution in [0.15, 0.2) is 55.0 Å². The van der Waals surface area contributed by atoms with Crippen molar-refractivity contribution in [3.63, 3.8) is 0 Å². The zero-order valence-electron chi connectivity index (χ0n) is 16.5. The second kappa shape index (κ2) is 6.72. The minimum absolute atomic E-state index is 0.0945. The molecule has 6 rings (SSSR count). The van der Waals surface area contributed by atoms with Crippen LogP contribution in [0.5, 0.6) is 0 Å². The number of pyridine rings is 1. The van der Waals surface area contributed by atoms with Gasteiger partial charge < -0.3 is 10.2 Å². The van der Waals surface area contributed by atoms with Crippen LogP contribution in [-0.4, -0.2) is 44.4 Å². The van der Waals surface area contributed by atoms with Gasteiger partial charge in [0.1, 0.15) is 11.6 Å². The van der Waals surface area contributed by atoms with E-state index in [9.17, 15) is 9.18 Å². The van der Waals surface area contributed by atoms with E-state index in [0.717, 1.165) is 25.2 Å². The van der Waals surface area contributed by atoms with Gasteiger partial charge in [0.25, 0.3) is 5.91 Å². The Bertz CT molecular complexity index is 1170. The molecule has 0 bridgehead atoms. The number of rotatable bonds is 4. The van der Waals surface area contributed by atoms with E-state index in [0.29, 0.717) is 27.9 Å². The lowest BCUT2D eigenvalue weighted by atomic mass is 9.71. The maximum Gasteiger partial charge on any atom is 0.254 e. The Morgan fingerprint density at radius 1 is 1.16 bits per heavy atom. The van der Waals surface area contributed by atoms with Gasteiger partial charge in [-0.1, -0.05) is 11.6 Å². The summed E-state index contributed by atoms with van der Waals surface area (Å²) in [5.74, 6) is 1.11. The maximum atomic E-state index is 14.0. The number of benzene rings is 1. The van der Waals surface area contributed by atoms with Gasteiger partial charge in [-0.3, -0.25) is 4.79 Å². The Balaban J connectivity index is 1.30. The monoisotopic (exact) mass is 435 g/mol. The zero-order valence-corrected chi connectivity index (χ0v) is 17.3. The van der Waals surface area contributed by atoms with Crippen molar-refractivity contribution in [3.05, 3.63) is 71.4 Å². The number of halogens is 2. The number of hydrogen-bond donors (Lipinski definition) is 1. The lowest BCUT2D eigenvalue weighted by Crippen LogP contribution is -2.60. The second-order valence-electron chi connectivity index (χ2n) is 8.62. The summed E-state index contributed by atoms with van der Waals surface area (Å²) in [6.07, 6.45) is 6.97. The maximum absolute atomic E-state index is 14.0. The van der Waals surface area contributed by atoms with Gasteiger partial charge in [-0.25, -0.2) is 19.3 Å². The van der Waals surface area contributed by atoms with E-state index in [-0.39, 0.29) is 23.4 Å². The zero-order chi connectivity index (χ0) is 21.2. The molecule has 1 N–H and O–H groups in total. The minimum atomic E-state index is -0.420. The third-order valence-electron chi connectivity index (χ3n) is 6.94. The van der Waals surface area contributed by atoms with E-state index in [1.807, 2.05) is 11.0 Å². The lowest BCUT2D eigenvalue weighted by Gasteiger charge is -2.48. The van der Waals surface area contributed by atoms with Gasteiger partial charge in [-0.05, 0) is 60.6 Å². The highest BCUT2D eigenvalue weighted by Gasteiger charge is 2.75. The van der Waals surface area contributed by atoms with Crippen LogP contribution >= 0.6 is 11.6 Å². The van der Waals surface area contributed by atoms with Crippen molar-refractivity contribution in [1.29, 1.82) is 0 Å². The van der Waals surface area contributed by atoms with Crippen molar-refractivity contribution in [3.8, 4) is 11.4 Å². The Labute approximate surface area is 183 Å². The molecule has 1 saturated heterocycles. The quantitative estimate of drug-likeness (QED) is 0.669. The Kier molecular flexibility index (Phi) is 4.05. The van der Waals surface area contributed by atoms with Crippen molar-refractivity contribution in [2.45, 2.75) is 24.9 Å². The number of nitrogens with zero attached hydrogens (tertiary/aromatic N) is 4. The van der Waals surface area contributed by atoms with E-state index in [4.69, 9.17) is 11.6 Å². The van der Waals surface area contributed by atoms with Gasteiger partial charge in [0.15, 0.2) is 5.82 Å². The molecule has 156 valence electrons. The average molecular weight is 436 g/mol. The predicted octanol–water partition coefficient (Wildman–Crippen LogP) is 4.05. The summed E-state index contributed by atoms with van der Waals surface area (Å²) in [6.45, 7) is 0.724. The molecule has 4 atom stereocenters. The summed E-state index contributed by atoms with van der Waals surface area (Å²) in [7, 11) is 0. The Morgan fingerprint density at radius 3 is 2.77 bits per heavy atom. The molecule has 0 radical (unpaired) electrons. The molecule has 4 unspecified atom stereocenters. The van der Waals surface area contributed by atoms with Crippen molar-refractivity contribution in [2.24, 2.45) is 11.3 Å². The first-order valence-electron chi connectivity index (χ1n) is 10.3. The number of aromatic nitrogens is 3. The molecule has 1 amide bonds. The third kappa shape index (κ3) is 2.91. The largest absolute Gasteiger partial charge is 0.365 e. The van der Waals surface area contributed by atoms with Gasteiger partial charge in [0.05, 0.1) is 16.6 Å². The molecule has 2 aromatic heterocycles. The fourth-order valence-corrected chi connectivity index (χ4v) is 5.60. The molecular formula is C23H19ClFN5O. The molecule has 6 nitrogen and oxygen atoms in total. The molecule has 1 spiro atoms. The molecule has 2 aliphatic carbocycles. The molecule has 3 aliphatic rings. The number of anilines is 1. The van der Waals surface area contributed by atoms with Crippen molar-refractivity contribution < 1.29 is 9.18 Å². The van der Waals surface area contributed by atoms with Gasteiger partial charge in [-0.15, -0.1) is 0 Å². The van der Waals surface area contributed by atoms with E-state index in [2.05, 4.69) is 20.3 Å². The molecule has 3 fully saturated rings. The van der Waals surface area contributed by atoms with E-state index >= 15 is 0 Å². The van der Waals surface area contributed by atoms with Crippen molar-refractivity contribution >= 4 is 23.3 Å². The lowest BCUT2D eigenvalue weighted by molar-refractivity contribution is 0.0472. The number of piperidine rings is 1. The summed E-state index contributed by atoms with van der Waals surface area (Å²) in [5, 5.41) is 4.06. The molecule has 3 heterocycles. The van der Waals surface area contributed by atoms with E-state index < -0.39 is 5.82 Å². The van der Waals surface area contributed by atoms with Crippen LogP contribution in [-0.2, 0) is 0 Å². The number of likely N-dealkylation sites (tertiary alicyclic amines) is 1. The Hall–Kier alpha value is -3.06. The number of carbonyl (C=O) groups excluding carboxylic acids is 1. The topological polar surface area (TPSA) is 71.0 Å². The molecule has 2 saturated carbocycles. The molecular weight excluding hydrogens is 417 g/mol. The van der Waals surface area contributed by atoms with E-state index in [1.165, 1.54) is 12.1 Å². The van der Waals surface area contributed by atoms with Gasteiger partial charge in [0, 0.05) is 36.7 Å². The Morgan fingerprint density at radius 2 is 2.00 bits per heavy atom. The number of hydrogen-bond acceptors (Lipinski definition) is 5. The number of carbonyl (C=O) groups is 1. The smallest absolute Gasteiger partial charge is 0.254 e. The normalized spacial score (nSPS) is 27.8. The van der Waals surface area contributed by atoms with Crippen LogP contribution in [0.3, 0.4) is 0 Å².